The van der Waals surface area contributed by atoms with Gasteiger partial charge in [0, 0.05) is 17.8 Å². The van der Waals surface area contributed by atoms with E-state index in [9.17, 15) is 0 Å². The zero-order chi connectivity index (χ0) is 11.4. The number of halogens is 2. The van der Waals surface area contributed by atoms with Crippen LogP contribution in [0.4, 0.5) is 5.82 Å². The molecule has 0 saturated heterocycles. The molecule has 0 amide bonds. The molecule has 0 radical (unpaired) electrons. The molecule has 0 aliphatic rings. The maximum atomic E-state index is 6.06. The third-order valence-corrected chi connectivity index (χ3v) is 3.23. The Morgan fingerprint density at radius 2 is 2.12 bits per heavy atom. The predicted molar refractivity (Wildman–Crippen MR) is 73.5 cm³/mol. The van der Waals surface area contributed by atoms with Gasteiger partial charge in [-0.1, -0.05) is 29.8 Å². The van der Waals surface area contributed by atoms with Crippen molar-refractivity contribution in [2.24, 2.45) is 0 Å². The smallest absolute Gasteiger partial charge is 0.143 e. The van der Waals surface area contributed by atoms with Gasteiger partial charge in [-0.2, -0.15) is 0 Å². The number of aromatic nitrogens is 2. The Kier molecular flexibility index (Phi) is 3.95. The lowest BCUT2D eigenvalue weighted by Gasteiger charge is -2.07. The summed E-state index contributed by atoms with van der Waals surface area (Å²) >= 11 is 8.25. The number of nitrogens with zero attached hydrogens (tertiary/aromatic N) is 2. The number of rotatable bonds is 3. The average molecular weight is 346 g/mol. The van der Waals surface area contributed by atoms with Crippen molar-refractivity contribution in [1.29, 1.82) is 0 Å². The highest BCUT2D eigenvalue weighted by molar-refractivity contribution is 14.1. The van der Waals surface area contributed by atoms with Gasteiger partial charge in [-0.15, -0.1) is 0 Å². The maximum absolute atomic E-state index is 6.06. The molecule has 1 N–H and O–H groups in total. The Labute approximate surface area is 112 Å². The summed E-state index contributed by atoms with van der Waals surface area (Å²) in [6, 6.07) is 7.75. The lowest BCUT2D eigenvalue weighted by atomic mass is 10.2. The Morgan fingerprint density at radius 1 is 1.31 bits per heavy atom. The minimum Gasteiger partial charge on any atom is -0.365 e. The molecule has 0 atom stereocenters. The van der Waals surface area contributed by atoms with Gasteiger partial charge in [-0.25, -0.2) is 9.97 Å². The van der Waals surface area contributed by atoms with Crippen LogP contribution >= 0.6 is 34.2 Å². The highest BCUT2D eigenvalue weighted by Gasteiger charge is 2.02. The van der Waals surface area contributed by atoms with Crippen molar-refractivity contribution in [2.45, 2.75) is 6.54 Å². The van der Waals surface area contributed by atoms with Crippen molar-refractivity contribution in [3.8, 4) is 0 Å². The van der Waals surface area contributed by atoms with Crippen LogP contribution in [0, 0.1) is 3.57 Å². The summed E-state index contributed by atoms with van der Waals surface area (Å²) in [5.74, 6) is 0.829. The van der Waals surface area contributed by atoms with Gasteiger partial charge in [0.1, 0.15) is 12.1 Å². The van der Waals surface area contributed by atoms with E-state index in [0.29, 0.717) is 6.54 Å². The Morgan fingerprint density at radius 3 is 2.88 bits per heavy atom. The highest BCUT2D eigenvalue weighted by Crippen LogP contribution is 2.18. The van der Waals surface area contributed by atoms with E-state index in [2.05, 4.69) is 37.9 Å². The van der Waals surface area contributed by atoms with Crippen LogP contribution in [0.25, 0.3) is 0 Å². The fraction of sp³-hybridized carbons (Fsp3) is 0.0909. The van der Waals surface area contributed by atoms with E-state index in [1.165, 1.54) is 6.33 Å². The van der Waals surface area contributed by atoms with Crippen LogP contribution in [-0.2, 0) is 6.54 Å². The second-order valence-corrected chi connectivity index (χ2v) is 4.73. The molecule has 1 aromatic heterocycles. The Balaban J connectivity index is 2.09. The van der Waals surface area contributed by atoms with Crippen molar-refractivity contribution in [1.82, 2.24) is 9.97 Å². The molecule has 1 aromatic carbocycles. The fourth-order valence-electron chi connectivity index (χ4n) is 1.26. The molecule has 0 fully saturated rings. The van der Waals surface area contributed by atoms with Crippen molar-refractivity contribution < 1.29 is 0 Å². The normalized spacial score (nSPS) is 10.1. The first-order valence-corrected chi connectivity index (χ1v) is 6.16. The van der Waals surface area contributed by atoms with Crippen LogP contribution in [0.5, 0.6) is 0 Å². The molecular weight excluding hydrogens is 336 g/mol. The molecule has 82 valence electrons. The second kappa shape index (κ2) is 5.45. The lowest BCUT2D eigenvalue weighted by Crippen LogP contribution is -2.03. The monoisotopic (exact) mass is 345 g/mol. The van der Waals surface area contributed by atoms with Gasteiger partial charge in [-0.3, -0.25) is 0 Å². The van der Waals surface area contributed by atoms with Gasteiger partial charge >= 0.3 is 0 Å². The van der Waals surface area contributed by atoms with E-state index in [-0.39, 0.29) is 0 Å². The number of hydrogen-bond acceptors (Lipinski definition) is 3. The minimum absolute atomic E-state index is 0.659. The van der Waals surface area contributed by atoms with Crippen molar-refractivity contribution >= 4 is 40.0 Å². The molecule has 0 unspecified atom stereocenters. The third kappa shape index (κ3) is 2.82. The molecule has 0 aliphatic carbocycles. The molecule has 0 bridgehead atoms. The molecule has 5 heteroatoms. The summed E-state index contributed by atoms with van der Waals surface area (Å²) in [6.07, 6.45) is 3.29. The standard InChI is InChI=1S/C11H9ClIN3/c12-9-4-2-1-3-8(9)5-15-11-10(13)6-14-7-16-11/h1-4,6-7H,5H2,(H,14,15,16). The summed E-state index contributed by atoms with van der Waals surface area (Å²) in [4.78, 5) is 8.08. The van der Waals surface area contributed by atoms with Crippen LogP contribution in [-0.4, -0.2) is 9.97 Å². The number of hydrogen-bond donors (Lipinski definition) is 1. The van der Waals surface area contributed by atoms with E-state index in [1.54, 1.807) is 6.20 Å². The van der Waals surface area contributed by atoms with E-state index in [1.807, 2.05) is 24.3 Å². The number of benzene rings is 1. The van der Waals surface area contributed by atoms with Gasteiger partial charge in [0.25, 0.3) is 0 Å². The first kappa shape index (κ1) is 11.6. The second-order valence-electron chi connectivity index (χ2n) is 3.16. The molecule has 0 aliphatic heterocycles. The van der Waals surface area contributed by atoms with Crippen LogP contribution < -0.4 is 5.32 Å². The third-order valence-electron chi connectivity index (χ3n) is 2.07. The zero-order valence-electron chi connectivity index (χ0n) is 8.32. The van der Waals surface area contributed by atoms with E-state index in [0.717, 1.165) is 20.0 Å². The van der Waals surface area contributed by atoms with Crippen LogP contribution in [0.2, 0.25) is 5.02 Å². The largest absolute Gasteiger partial charge is 0.365 e. The quantitative estimate of drug-likeness (QED) is 0.867. The van der Waals surface area contributed by atoms with Gasteiger partial charge < -0.3 is 5.32 Å². The predicted octanol–water partition coefficient (Wildman–Crippen LogP) is 3.35. The van der Waals surface area contributed by atoms with Crippen LogP contribution in [0.3, 0.4) is 0 Å². The summed E-state index contributed by atoms with van der Waals surface area (Å²) in [7, 11) is 0. The molecule has 3 nitrogen and oxygen atoms in total. The highest BCUT2D eigenvalue weighted by atomic mass is 127. The zero-order valence-corrected chi connectivity index (χ0v) is 11.2. The first-order valence-electron chi connectivity index (χ1n) is 4.70. The molecule has 0 spiro atoms. The molecule has 0 saturated carbocycles. The van der Waals surface area contributed by atoms with Crippen molar-refractivity contribution in [3.63, 3.8) is 0 Å². The van der Waals surface area contributed by atoms with Crippen molar-refractivity contribution in [3.05, 3.63) is 50.9 Å². The van der Waals surface area contributed by atoms with Gasteiger partial charge in [0.05, 0.1) is 3.57 Å². The fourth-order valence-corrected chi connectivity index (χ4v) is 1.96. The maximum Gasteiger partial charge on any atom is 0.143 e. The number of anilines is 1. The van der Waals surface area contributed by atoms with Crippen molar-refractivity contribution in [2.75, 3.05) is 5.32 Å². The molecule has 2 aromatic rings. The Hall–Kier alpha value is -0.880. The van der Waals surface area contributed by atoms with Crippen LogP contribution in [0.15, 0.2) is 36.8 Å². The van der Waals surface area contributed by atoms with Crippen LogP contribution in [0.1, 0.15) is 5.56 Å². The lowest BCUT2D eigenvalue weighted by molar-refractivity contribution is 1.07. The van der Waals surface area contributed by atoms with Gasteiger partial charge in [0.2, 0.25) is 0 Å². The van der Waals surface area contributed by atoms with E-state index in [4.69, 9.17) is 11.6 Å². The molecule has 2 rings (SSSR count). The van der Waals surface area contributed by atoms with Gasteiger partial charge in [0.15, 0.2) is 0 Å². The molecular formula is C11H9ClIN3. The Bertz CT molecular complexity index is 445. The molecule has 16 heavy (non-hydrogen) atoms. The van der Waals surface area contributed by atoms with Gasteiger partial charge in [-0.05, 0) is 34.2 Å². The number of nitrogens with one attached hydrogen (secondary N) is 1. The average Bonchev–Trinajstić information content (AvgIpc) is 2.30. The summed E-state index contributed by atoms with van der Waals surface area (Å²) in [5, 5.41) is 3.99. The minimum atomic E-state index is 0.659. The topological polar surface area (TPSA) is 37.8 Å². The summed E-state index contributed by atoms with van der Waals surface area (Å²) in [5.41, 5.74) is 1.05. The van der Waals surface area contributed by atoms with E-state index >= 15 is 0 Å². The summed E-state index contributed by atoms with van der Waals surface area (Å²) < 4.78 is 0.993. The first-order chi connectivity index (χ1) is 7.77. The molecule has 1 heterocycles. The van der Waals surface area contributed by atoms with E-state index < -0.39 is 0 Å². The SMILES string of the molecule is Clc1ccccc1CNc1ncncc1I. The summed E-state index contributed by atoms with van der Waals surface area (Å²) in [6.45, 7) is 0.659.